The fourth-order valence-electron chi connectivity index (χ4n) is 14.8. The second-order valence-electron chi connectivity index (χ2n) is 24.5. The lowest BCUT2D eigenvalue weighted by Gasteiger charge is -2.16. The maximum atomic E-state index is 6.36. The van der Waals surface area contributed by atoms with Crippen molar-refractivity contribution in [2.45, 2.75) is 0 Å². The van der Waals surface area contributed by atoms with Gasteiger partial charge in [-0.15, -0.1) is 0 Å². The van der Waals surface area contributed by atoms with Gasteiger partial charge in [-0.1, -0.05) is 224 Å². The van der Waals surface area contributed by atoms with E-state index >= 15 is 0 Å². The van der Waals surface area contributed by atoms with E-state index in [9.17, 15) is 0 Å². The molecule has 0 radical (unpaired) electrons. The Kier molecular flexibility index (Phi) is 12.5. The molecule has 0 spiro atoms. The Hall–Kier alpha value is -12.8. The van der Waals surface area contributed by atoms with E-state index in [0.717, 1.165) is 100 Å². The van der Waals surface area contributed by atoms with Crippen LogP contribution in [0.2, 0.25) is 0 Å². The number of para-hydroxylation sites is 8. The van der Waals surface area contributed by atoms with Crippen LogP contribution in [0.3, 0.4) is 0 Å². The van der Waals surface area contributed by atoms with E-state index in [1.165, 1.54) is 70.7 Å². The summed E-state index contributed by atoms with van der Waals surface area (Å²) in [6, 6.07) is 121. The molecule has 7 nitrogen and oxygen atoms in total. The summed E-state index contributed by atoms with van der Waals surface area (Å²) < 4.78 is 15.9. The number of benzene rings is 14. The first-order valence-electron chi connectivity index (χ1n) is 32.3. The lowest BCUT2D eigenvalue weighted by molar-refractivity contribution is 0.669. The smallest absolute Gasteiger partial charge is 0.160 e. The number of hydrogen-bond donors (Lipinski definition) is 0. The monoisotopic (exact) mass is 1210 g/mol. The van der Waals surface area contributed by atoms with Gasteiger partial charge in [0.2, 0.25) is 0 Å². The largest absolute Gasteiger partial charge is 0.456 e. The normalized spacial score (nSPS) is 11.8. The van der Waals surface area contributed by atoms with Crippen LogP contribution in [0, 0.1) is 0 Å². The standard InChI is InChI=1S/C46H30N4.C42H26N2O/c1-3-15-31(16-4-1)40-30-41(48-46(47-40)32-17-5-2-6-18-32)33-27-34(49-42-23-11-7-19-36(42)37-20-8-12-24-43(37)49)29-35(28-33)50-44-25-13-9-21-38(44)39-22-10-14-26-45(39)50;1-5-16-37-31(12-1)32-13-2-6-17-38(32)43(37)29-11-9-10-27(24-29)28-20-22-41-35(25-28)36-26-30(21-23-42(36)45-41)44-39-18-7-3-14-33(39)34-15-4-8-19-40(34)44/h1-30H;1-26H. The Labute approximate surface area is 546 Å². The van der Waals surface area contributed by atoms with Crippen LogP contribution in [0.1, 0.15) is 0 Å². The van der Waals surface area contributed by atoms with Gasteiger partial charge < -0.3 is 22.7 Å². The minimum Gasteiger partial charge on any atom is -0.456 e. The van der Waals surface area contributed by atoms with Crippen LogP contribution in [0.25, 0.3) is 177 Å². The van der Waals surface area contributed by atoms with Crippen molar-refractivity contribution in [1.82, 2.24) is 28.2 Å². The summed E-state index contributed by atoms with van der Waals surface area (Å²) in [6.07, 6.45) is 0. The van der Waals surface area contributed by atoms with Gasteiger partial charge in [0.1, 0.15) is 11.2 Å². The predicted molar refractivity (Wildman–Crippen MR) is 395 cm³/mol. The quantitative estimate of drug-likeness (QED) is 0.152. The van der Waals surface area contributed by atoms with Gasteiger partial charge in [-0.2, -0.15) is 0 Å². The summed E-state index contributed by atoms with van der Waals surface area (Å²) in [5.41, 5.74) is 22.8. The maximum absolute atomic E-state index is 6.36. The van der Waals surface area contributed by atoms with Crippen LogP contribution in [-0.2, 0) is 0 Å². The summed E-state index contributed by atoms with van der Waals surface area (Å²) in [7, 11) is 0. The summed E-state index contributed by atoms with van der Waals surface area (Å²) in [4.78, 5) is 10.4. The summed E-state index contributed by atoms with van der Waals surface area (Å²) >= 11 is 0. The highest BCUT2D eigenvalue weighted by Crippen LogP contribution is 2.42. The van der Waals surface area contributed by atoms with Crippen molar-refractivity contribution < 1.29 is 4.42 Å². The number of nitrogens with zero attached hydrogens (tertiary/aromatic N) is 6. The molecule has 0 aliphatic carbocycles. The van der Waals surface area contributed by atoms with Crippen LogP contribution < -0.4 is 0 Å². The van der Waals surface area contributed by atoms with Gasteiger partial charge in [-0.05, 0) is 126 Å². The molecule has 20 aromatic rings. The second-order valence-corrected chi connectivity index (χ2v) is 24.5. The molecule has 0 aliphatic heterocycles. The zero-order valence-corrected chi connectivity index (χ0v) is 51.4. The van der Waals surface area contributed by atoms with Gasteiger partial charge in [0, 0.05) is 93.3 Å². The number of rotatable bonds is 8. The van der Waals surface area contributed by atoms with Crippen LogP contribution in [0.4, 0.5) is 0 Å². The van der Waals surface area contributed by atoms with Gasteiger partial charge in [0.25, 0.3) is 0 Å². The Morgan fingerprint density at radius 3 is 0.937 bits per heavy atom. The van der Waals surface area contributed by atoms with E-state index in [2.05, 4.69) is 334 Å². The Balaban J connectivity index is 0.000000135. The Bertz CT molecular complexity index is 6020. The zero-order valence-electron chi connectivity index (χ0n) is 51.4. The van der Waals surface area contributed by atoms with Crippen LogP contribution >= 0.6 is 0 Å². The first-order chi connectivity index (χ1) is 47.1. The maximum Gasteiger partial charge on any atom is 0.160 e. The molecule has 95 heavy (non-hydrogen) atoms. The van der Waals surface area contributed by atoms with Crippen molar-refractivity contribution in [3.63, 3.8) is 0 Å². The van der Waals surface area contributed by atoms with Gasteiger partial charge in [0.15, 0.2) is 5.82 Å². The van der Waals surface area contributed by atoms with Crippen molar-refractivity contribution in [3.05, 3.63) is 340 Å². The van der Waals surface area contributed by atoms with Crippen molar-refractivity contribution in [3.8, 4) is 67.8 Å². The fourth-order valence-corrected chi connectivity index (χ4v) is 14.8. The van der Waals surface area contributed by atoms with Crippen molar-refractivity contribution >= 4 is 109 Å². The molecule has 0 saturated carbocycles. The lowest BCUT2D eigenvalue weighted by atomic mass is 10.0. The van der Waals surface area contributed by atoms with Gasteiger partial charge in [0.05, 0.1) is 55.5 Å². The summed E-state index contributed by atoms with van der Waals surface area (Å²) in [6.45, 7) is 0. The van der Waals surface area contributed by atoms with Crippen molar-refractivity contribution in [2.75, 3.05) is 0 Å². The third kappa shape index (κ3) is 8.89. The molecule has 6 aromatic heterocycles. The molecule has 0 fully saturated rings. The Morgan fingerprint density at radius 1 is 0.189 bits per heavy atom. The molecule has 7 heteroatoms. The molecule has 0 aliphatic rings. The minimum absolute atomic E-state index is 0.697. The van der Waals surface area contributed by atoms with E-state index in [-0.39, 0.29) is 0 Å². The molecule has 0 N–H and O–H groups in total. The number of hydrogen-bond acceptors (Lipinski definition) is 3. The number of fused-ring (bicyclic) bond motifs is 15. The van der Waals surface area contributed by atoms with E-state index in [1.54, 1.807) is 0 Å². The highest BCUT2D eigenvalue weighted by molar-refractivity contribution is 6.14. The molecule has 444 valence electrons. The lowest BCUT2D eigenvalue weighted by Crippen LogP contribution is -2.01. The first-order valence-corrected chi connectivity index (χ1v) is 32.3. The zero-order chi connectivity index (χ0) is 62.5. The average Bonchev–Trinajstić information content (AvgIpc) is 1.63. The molecule has 0 bridgehead atoms. The van der Waals surface area contributed by atoms with Crippen molar-refractivity contribution in [1.29, 1.82) is 0 Å². The van der Waals surface area contributed by atoms with E-state index in [4.69, 9.17) is 14.4 Å². The molecule has 0 atom stereocenters. The highest BCUT2D eigenvalue weighted by Gasteiger charge is 2.21. The molecule has 0 saturated heterocycles. The molecule has 20 rings (SSSR count). The third-order valence-electron chi connectivity index (χ3n) is 19.0. The molecule has 0 unspecified atom stereocenters. The van der Waals surface area contributed by atoms with E-state index in [0.29, 0.717) is 5.82 Å². The Morgan fingerprint density at radius 2 is 0.505 bits per heavy atom. The fraction of sp³-hybridized carbons (Fsp3) is 0. The van der Waals surface area contributed by atoms with Crippen LogP contribution in [-0.4, -0.2) is 28.2 Å². The topological polar surface area (TPSA) is 58.6 Å². The molecule has 0 amide bonds. The third-order valence-corrected chi connectivity index (χ3v) is 19.0. The van der Waals surface area contributed by atoms with Crippen LogP contribution in [0.5, 0.6) is 0 Å². The second kappa shape index (κ2) is 21.9. The SMILES string of the molecule is c1cc(-c2ccc3oc4ccc(-n5c6ccccc6c6ccccc65)cc4c3c2)cc(-n2c3ccccc3c3ccccc32)c1.c1ccc(-c2cc(-c3cc(-n4c5ccccc5c5ccccc54)cc(-n4c5ccccc5c5ccccc54)c3)nc(-c3ccccc3)n2)cc1. The van der Waals surface area contributed by atoms with Gasteiger partial charge in [-0.25, -0.2) is 9.97 Å². The number of aromatic nitrogens is 6. The first kappa shape index (κ1) is 53.9. The number of furan rings is 1. The molecular formula is C88H56N6O. The average molecular weight is 1210 g/mol. The van der Waals surface area contributed by atoms with Gasteiger partial charge >= 0.3 is 0 Å². The predicted octanol–water partition coefficient (Wildman–Crippen LogP) is 23.1. The van der Waals surface area contributed by atoms with Crippen molar-refractivity contribution in [2.24, 2.45) is 0 Å². The minimum atomic E-state index is 0.697. The van der Waals surface area contributed by atoms with E-state index in [1.807, 2.05) is 24.3 Å². The molecule has 6 heterocycles. The summed E-state index contributed by atoms with van der Waals surface area (Å²) in [5.74, 6) is 0.697. The summed E-state index contributed by atoms with van der Waals surface area (Å²) in [5, 5.41) is 12.2. The molecule has 14 aromatic carbocycles. The highest BCUT2D eigenvalue weighted by atomic mass is 16.3. The molecular weight excluding hydrogens is 1160 g/mol. The van der Waals surface area contributed by atoms with Crippen LogP contribution in [0.15, 0.2) is 344 Å². The van der Waals surface area contributed by atoms with E-state index < -0.39 is 0 Å². The van der Waals surface area contributed by atoms with Gasteiger partial charge in [-0.3, -0.25) is 0 Å².